The number of halogens is 3. The first-order valence-electron chi connectivity index (χ1n) is 12.4. The fourth-order valence-electron chi connectivity index (χ4n) is 5.52. The zero-order chi connectivity index (χ0) is 24.8. The van der Waals surface area contributed by atoms with Crippen LogP contribution in [0.25, 0.3) is 22.0 Å². The maximum atomic E-state index is 13.7. The Bertz CT molecular complexity index is 1320. The summed E-state index contributed by atoms with van der Waals surface area (Å²) in [5.74, 6) is 0.520. The van der Waals surface area contributed by atoms with Crippen LogP contribution in [0.1, 0.15) is 69.0 Å². The number of nitrogens with one attached hydrogen (secondary N) is 1. The molecule has 35 heavy (non-hydrogen) atoms. The molecule has 2 fully saturated rings. The molecule has 2 aliphatic carbocycles. The Labute approximate surface area is 204 Å². The molecule has 4 nitrogen and oxygen atoms in total. The van der Waals surface area contributed by atoms with E-state index in [1.807, 2.05) is 25.3 Å². The second kappa shape index (κ2) is 9.28. The Hall–Kier alpha value is -2.32. The van der Waals surface area contributed by atoms with Gasteiger partial charge in [0.05, 0.1) is 10.8 Å². The van der Waals surface area contributed by atoms with E-state index in [4.69, 9.17) is 0 Å². The summed E-state index contributed by atoms with van der Waals surface area (Å²) < 4.78 is 71.6. The Morgan fingerprint density at radius 1 is 1.03 bits per heavy atom. The largest absolute Gasteiger partial charge is 0.417 e. The van der Waals surface area contributed by atoms with Crippen molar-refractivity contribution in [3.8, 4) is 11.1 Å². The van der Waals surface area contributed by atoms with E-state index in [0.717, 1.165) is 48.3 Å². The molecule has 0 saturated heterocycles. The summed E-state index contributed by atoms with van der Waals surface area (Å²) >= 11 is 0. The van der Waals surface area contributed by atoms with E-state index in [2.05, 4.69) is 9.29 Å². The van der Waals surface area contributed by atoms with Crippen molar-refractivity contribution in [2.45, 2.75) is 75.9 Å². The molecule has 3 aromatic rings. The molecule has 0 amide bonds. The van der Waals surface area contributed by atoms with Gasteiger partial charge in [0.2, 0.25) is 10.0 Å². The van der Waals surface area contributed by atoms with Crippen LogP contribution >= 0.6 is 0 Å². The van der Waals surface area contributed by atoms with Gasteiger partial charge in [-0.25, -0.2) is 13.1 Å². The number of benzene rings is 2. The quantitative estimate of drug-likeness (QED) is 0.375. The van der Waals surface area contributed by atoms with Gasteiger partial charge in [-0.1, -0.05) is 49.6 Å². The van der Waals surface area contributed by atoms with Gasteiger partial charge in [0.25, 0.3) is 0 Å². The van der Waals surface area contributed by atoms with Crippen molar-refractivity contribution >= 4 is 20.9 Å². The zero-order valence-corrected chi connectivity index (χ0v) is 20.6. The summed E-state index contributed by atoms with van der Waals surface area (Å²) in [6.45, 7) is 2.63. The molecule has 1 aromatic heterocycles. The number of aromatic nitrogens is 1. The third-order valence-corrected chi connectivity index (χ3v) is 9.72. The van der Waals surface area contributed by atoms with Gasteiger partial charge < -0.3 is 4.57 Å². The van der Waals surface area contributed by atoms with Crippen molar-refractivity contribution in [2.24, 2.45) is 5.92 Å². The number of fused-ring (bicyclic) bond motifs is 1. The lowest BCUT2D eigenvalue weighted by atomic mass is 9.97. The van der Waals surface area contributed by atoms with Crippen molar-refractivity contribution in [3.05, 3.63) is 59.8 Å². The predicted octanol–water partition coefficient (Wildman–Crippen LogP) is 7.05. The van der Waals surface area contributed by atoms with Crippen LogP contribution < -0.4 is 4.72 Å². The second-order valence-corrected chi connectivity index (χ2v) is 12.1. The third-order valence-electron chi connectivity index (χ3n) is 7.68. The van der Waals surface area contributed by atoms with Crippen molar-refractivity contribution in [1.29, 1.82) is 0 Å². The van der Waals surface area contributed by atoms with Gasteiger partial charge in [0.1, 0.15) is 0 Å². The molecular weight excluding hydrogens is 473 g/mol. The Morgan fingerprint density at radius 3 is 2.40 bits per heavy atom. The molecule has 0 spiro atoms. The van der Waals surface area contributed by atoms with Gasteiger partial charge in [0.15, 0.2) is 0 Å². The highest BCUT2D eigenvalue weighted by molar-refractivity contribution is 7.90. The van der Waals surface area contributed by atoms with Gasteiger partial charge in [-0.05, 0) is 67.3 Å². The van der Waals surface area contributed by atoms with Gasteiger partial charge >= 0.3 is 6.18 Å². The van der Waals surface area contributed by atoms with Crippen LogP contribution in [-0.2, 0) is 22.7 Å². The van der Waals surface area contributed by atoms with Crippen LogP contribution in [0.15, 0.2) is 48.7 Å². The van der Waals surface area contributed by atoms with Crippen LogP contribution in [0.5, 0.6) is 0 Å². The van der Waals surface area contributed by atoms with Gasteiger partial charge in [-0.2, -0.15) is 13.2 Å². The van der Waals surface area contributed by atoms with Crippen LogP contribution in [0.2, 0.25) is 0 Å². The van der Waals surface area contributed by atoms with Gasteiger partial charge in [0, 0.05) is 29.7 Å². The summed E-state index contributed by atoms with van der Waals surface area (Å²) in [6, 6.07) is 10.6. The van der Waals surface area contributed by atoms with Gasteiger partial charge in [-0.15, -0.1) is 0 Å². The Balaban J connectivity index is 1.57. The summed E-state index contributed by atoms with van der Waals surface area (Å²) in [6.07, 6.45) is 4.51. The second-order valence-electron chi connectivity index (χ2n) is 10.1. The van der Waals surface area contributed by atoms with Crippen molar-refractivity contribution in [1.82, 2.24) is 9.29 Å². The summed E-state index contributed by atoms with van der Waals surface area (Å²) in [5, 5.41) is 0.544. The molecule has 2 aliphatic rings. The summed E-state index contributed by atoms with van der Waals surface area (Å²) in [5.41, 5.74) is 1.70. The average Bonchev–Trinajstić information content (AvgIpc) is 3.39. The first-order chi connectivity index (χ1) is 16.6. The van der Waals surface area contributed by atoms with Crippen LogP contribution in [0, 0.1) is 5.92 Å². The molecule has 2 saturated carbocycles. The van der Waals surface area contributed by atoms with Gasteiger partial charge in [-0.3, -0.25) is 0 Å². The van der Waals surface area contributed by atoms with Crippen molar-refractivity contribution in [2.75, 3.05) is 0 Å². The molecule has 5 rings (SSSR count). The van der Waals surface area contributed by atoms with Crippen molar-refractivity contribution < 1.29 is 21.6 Å². The SMILES string of the molecule is CC(NS(=O)(=O)C1CCC1)c1cn(CC2CCCC2)c2cc(-c3ccccc3C(F)(F)F)ccc12. The number of nitrogens with zero attached hydrogens (tertiary/aromatic N) is 1. The van der Waals surface area contributed by atoms with E-state index in [-0.39, 0.29) is 10.8 Å². The summed E-state index contributed by atoms with van der Waals surface area (Å²) in [4.78, 5) is 0. The lowest BCUT2D eigenvalue weighted by Gasteiger charge is -2.27. The molecule has 188 valence electrons. The normalized spacial score (nSPS) is 18.7. The molecule has 1 atom stereocenters. The fraction of sp³-hybridized carbons (Fsp3) is 0.481. The highest BCUT2D eigenvalue weighted by atomic mass is 32.2. The van der Waals surface area contributed by atoms with E-state index in [1.54, 1.807) is 12.1 Å². The van der Waals surface area contributed by atoms with Crippen LogP contribution in [0.4, 0.5) is 13.2 Å². The minimum Gasteiger partial charge on any atom is -0.347 e. The first kappa shape index (κ1) is 24.4. The number of sulfonamides is 1. The van der Waals surface area contributed by atoms with Crippen molar-refractivity contribution in [3.63, 3.8) is 0 Å². The Kier molecular flexibility index (Phi) is 6.46. The predicted molar refractivity (Wildman–Crippen MR) is 132 cm³/mol. The first-order valence-corrected chi connectivity index (χ1v) is 14.0. The molecule has 1 heterocycles. The van der Waals surface area contributed by atoms with Crippen LogP contribution in [0.3, 0.4) is 0 Å². The number of hydrogen-bond acceptors (Lipinski definition) is 2. The topological polar surface area (TPSA) is 51.1 Å². The molecule has 0 aliphatic heterocycles. The summed E-state index contributed by atoms with van der Waals surface area (Å²) in [7, 11) is -3.41. The smallest absolute Gasteiger partial charge is 0.347 e. The Morgan fingerprint density at radius 2 is 1.74 bits per heavy atom. The molecule has 0 radical (unpaired) electrons. The zero-order valence-electron chi connectivity index (χ0n) is 19.8. The van der Waals surface area contributed by atoms with E-state index in [9.17, 15) is 21.6 Å². The highest BCUT2D eigenvalue weighted by Crippen LogP contribution is 2.39. The fourth-order valence-corrected chi connectivity index (χ4v) is 7.29. The molecular formula is C27H31F3N2O2S. The molecule has 8 heteroatoms. The average molecular weight is 505 g/mol. The third kappa shape index (κ3) is 4.87. The standard InChI is InChI=1S/C27H31F3N2O2S/c1-18(31-35(33,34)21-9-6-10-21)24-17-32(16-19-7-2-3-8-19)26-15-20(13-14-23(24)26)22-11-4-5-12-25(22)27(28,29)30/h4-5,11-15,17-19,21,31H,2-3,6-10,16H2,1H3. The maximum Gasteiger partial charge on any atom is 0.417 e. The number of alkyl halides is 3. The minimum atomic E-state index is -4.45. The molecule has 0 bridgehead atoms. The number of rotatable bonds is 7. The monoisotopic (exact) mass is 504 g/mol. The maximum absolute atomic E-state index is 13.7. The molecule has 1 unspecified atom stereocenters. The van der Waals surface area contributed by atoms with E-state index >= 15 is 0 Å². The van der Waals surface area contributed by atoms with Crippen LogP contribution in [-0.4, -0.2) is 18.2 Å². The lowest BCUT2D eigenvalue weighted by Crippen LogP contribution is -2.39. The number of hydrogen-bond donors (Lipinski definition) is 1. The highest BCUT2D eigenvalue weighted by Gasteiger charge is 2.34. The lowest BCUT2D eigenvalue weighted by molar-refractivity contribution is -0.137. The van der Waals surface area contributed by atoms with E-state index in [0.29, 0.717) is 24.3 Å². The van der Waals surface area contributed by atoms with E-state index < -0.39 is 27.8 Å². The molecule has 1 N–H and O–H groups in total. The molecule has 2 aromatic carbocycles. The minimum absolute atomic E-state index is 0.149. The van der Waals surface area contributed by atoms with E-state index in [1.165, 1.54) is 25.0 Å².